The van der Waals surface area contributed by atoms with Crippen LogP contribution in [-0.2, 0) is 11.8 Å². The number of rotatable bonds is 5. The number of benzene rings is 4. The smallest absolute Gasteiger partial charge is 0.0559 e. The molecule has 0 spiro atoms. The summed E-state index contributed by atoms with van der Waals surface area (Å²) in [4.78, 5) is 2.54. The lowest BCUT2D eigenvalue weighted by Crippen LogP contribution is -2.30. The number of aromatic nitrogens is 1. The molecule has 1 heterocycles. The van der Waals surface area contributed by atoms with Gasteiger partial charge in [0.2, 0.25) is 0 Å². The molecule has 0 bridgehead atoms. The Morgan fingerprint density at radius 1 is 0.723 bits per heavy atom. The molecular formula is C45H40N2. The van der Waals surface area contributed by atoms with Crippen molar-refractivity contribution in [2.24, 2.45) is 0 Å². The van der Waals surface area contributed by atoms with Crippen molar-refractivity contribution in [2.45, 2.75) is 57.4 Å². The average Bonchev–Trinajstić information content (AvgIpc) is 3.58. The number of hydrogen-bond acceptors (Lipinski definition) is 1. The zero-order valence-electron chi connectivity index (χ0n) is 27.3. The summed E-state index contributed by atoms with van der Waals surface area (Å²) in [6.07, 6.45) is 25.8. The Bertz CT molecular complexity index is 2200. The van der Waals surface area contributed by atoms with Gasteiger partial charge in [-0.2, -0.15) is 0 Å². The number of hydrogen-bond donors (Lipinski definition) is 0. The van der Waals surface area contributed by atoms with Gasteiger partial charge in [0.15, 0.2) is 0 Å². The largest absolute Gasteiger partial charge is 0.334 e. The van der Waals surface area contributed by atoms with Gasteiger partial charge < -0.3 is 9.47 Å². The molecule has 4 aromatic carbocycles. The van der Waals surface area contributed by atoms with Gasteiger partial charge in [0.05, 0.1) is 11.6 Å². The van der Waals surface area contributed by atoms with Crippen molar-refractivity contribution >= 4 is 33.9 Å². The highest BCUT2D eigenvalue weighted by molar-refractivity contribution is 5.91. The topological polar surface area (TPSA) is 8.17 Å². The van der Waals surface area contributed by atoms with Crippen molar-refractivity contribution in [1.82, 2.24) is 4.57 Å². The molecule has 0 saturated carbocycles. The molecule has 0 saturated heterocycles. The molecule has 0 fully saturated rings. The molecule has 1 atom stereocenters. The van der Waals surface area contributed by atoms with Crippen LogP contribution in [0.15, 0.2) is 134 Å². The Hall–Kier alpha value is -5.08. The van der Waals surface area contributed by atoms with Crippen LogP contribution in [0.3, 0.4) is 0 Å². The SMILES string of the molecule is CC1(C)c2cc(N(c3ccc(C4=CC=CCC4)cc3)C3C=CC=CC3)ccc2-c2ccc(-n3c4c(c5ccccc53)CCC=C4)cc21. The van der Waals surface area contributed by atoms with E-state index in [-0.39, 0.29) is 11.5 Å². The molecule has 2 nitrogen and oxygen atoms in total. The first-order chi connectivity index (χ1) is 23.1. The van der Waals surface area contributed by atoms with E-state index in [2.05, 4.69) is 163 Å². The molecule has 5 aromatic rings. The second-order valence-electron chi connectivity index (χ2n) is 13.9. The fraction of sp³-hybridized carbons (Fsp3) is 0.200. The summed E-state index contributed by atoms with van der Waals surface area (Å²) < 4.78 is 2.49. The quantitative estimate of drug-likeness (QED) is 0.193. The van der Waals surface area contributed by atoms with E-state index in [1.54, 1.807) is 0 Å². The van der Waals surface area contributed by atoms with Gasteiger partial charge >= 0.3 is 0 Å². The summed E-state index contributed by atoms with van der Waals surface area (Å²) >= 11 is 0. The minimum Gasteiger partial charge on any atom is -0.334 e. The van der Waals surface area contributed by atoms with Crippen LogP contribution in [0.5, 0.6) is 0 Å². The lowest BCUT2D eigenvalue weighted by Gasteiger charge is -2.34. The van der Waals surface area contributed by atoms with Gasteiger partial charge in [0, 0.05) is 33.6 Å². The fourth-order valence-electron chi connectivity index (χ4n) is 8.44. The number of allylic oxidation sites excluding steroid dienone is 7. The van der Waals surface area contributed by atoms with E-state index in [9.17, 15) is 0 Å². The molecule has 47 heavy (non-hydrogen) atoms. The second-order valence-corrected chi connectivity index (χ2v) is 13.9. The summed E-state index contributed by atoms with van der Waals surface area (Å²) in [5, 5.41) is 1.38. The predicted molar refractivity (Wildman–Crippen MR) is 200 cm³/mol. The molecular weight excluding hydrogens is 569 g/mol. The number of para-hydroxylation sites is 1. The van der Waals surface area contributed by atoms with Crippen LogP contribution in [0.2, 0.25) is 0 Å². The van der Waals surface area contributed by atoms with E-state index in [4.69, 9.17) is 0 Å². The Labute approximate surface area is 278 Å². The highest BCUT2D eigenvalue weighted by Crippen LogP contribution is 2.51. The van der Waals surface area contributed by atoms with Crippen LogP contribution >= 0.6 is 0 Å². The van der Waals surface area contributed by atoms with Gasteiger partial charge in [-0.25, -0.2) is 0 Å². The van der Waals surface area contributed by atoms with Gasteiger partial charge in [-0.05, 0) is 120 Å². The van der Waals surface area contributed by atoms with Crippen LogP contribution in [0.25, 0.3) is 39.4 Å². The Morgan fingerprint density at radius 3 is 2.32 bits per heavy atom. The molecule has 0 N–H and O–H groups in total. The Balaban J connectivity index is 1.12. The maximum atomic E-state index is 2.54. The minimum absolute atomic E-state index is 0.131. The van der Waals surface area contributed by atoms with Gasteiger partial charge in [0.25, 0.3) is 0 Å². The van der Waals surface area contributed by atoms with Gasteiger partial charge in [-0.3, -0.25) is 0 Å². The highest BCUT2D eigenvalue weighted by atomic mass is 15.2. The normalized spacial score (nSPS) is 18.6. The molecule has 9 rings (SSSR count). The second kappa shape index (κ2) is 11.0. The lowest BCUT2D eigenvalue weighted by molar-refractivity contribution is 0.659. The molecule has 1 aromatic heterocycles. The minimum atomic E-state index is -0.131. The first-order valence-corrected chi connectivity index (χ1v) is 17.3. The standard InChI is InChI=1S/C45H40N2/c1-45(2)41-29-35(46(33-15-7-4-8-16-33)34-23-21-32(22-24-34)31-13-5-3-6-14-31)25-27-37(41)38-28-26-36(30-42(38)45)47-43-19-11-9-17-39(43)40-18-10-12-20-44(40)47/h3-5,7-9,11-13,15,17,19-30,33H,6,10,14,16,18H2,1-2H3. The average molecular weight is 609 g/mol. The Kier molecular flexibility index (Phi) is 6.61. The van der Waals surface area contributed by atoms with Crippen molar-refractivity contribution in [1.29, 1.82) is 0 Å². The van der Waals surface area contributed by atoms with E-state index in [0.717, 1.165) is 32.1 Å². The zero-order chi connectivity index (χ0) is 31.5. The van der Waals surface area contributed by atoms with Crippen molar-refractivity contribution in [3.8, 4) is 16.8 Å². The number of anilines is 2. The summed E-state index contributed by atoms with van der Waals surface area (Å²) in [5.74, 6) is 0. The van der Waals surface area contributed by atoms with E-state index < -0.39 is 0 Å². The highest BCUT2D eigenvalue weighted by Gasteiger charge is 2.37. The van der Waals surface area contributed by atoms with Crippen LogP contribution in [-0.4, -0.2) is 10.6 Å². The van der Waals surface area contributed by atoms with E-state index in [1.165, 1.54) is 72.6 Å². The fourth-order valence-corrected chi connectivity index (χ4v) is 8.44. The van der Waals surface area contributed by atoms with E-state index >= 15 is 0 Å². The summed E-state index contributed by atoms with van der Waals surface area (Å²) in [6.45, 7) is 4.81. The molecule has 0 aliphatic heterocycles. The van der Waals surface area contributed by atoms with E-state index in [0.29, 0.717) is 0 Å². The summed E-state index contributed by atoms with van der Waals surface area (Å²) in [6, 6.07) is 32.8. The third-order valence-electron chi connectivity index (χ3n) is 10.9. The first-order valence-electron chi connectivity index (χ1n) is 17.3. The maximum Gasteiger partial charge on any atom is 0.0559 e. The molecule has 230 valence electrons. The van der Waals surface area contributed by atoms with Gasteiger partial charge in [-0.15, -0.1) is 0 Å². The monoisotopic (exact) mass is 608 g/mol. The number of fused-ring (bicyclic) bond motifs is 6. The van der Waals surface area contributed by atoms with Crippen molar-refractivity contribution in [3.05, 3.63) is 161 Å². The first kappa shape index (κ1) is 28.2. The number of nitrogens with zero attached hydrogens (tertiary/aromatic N) is 2. The lowest BCUT2D eigenvalue weighted by atomic mass is 9.82. The van der Waals surface area contributed by atoms with Gasteiger partial charge in [0.1, 0.15) is 0 Å². The van der Waals surface area contributed by atoms with Crippen LogP contribution in [0.1, 0.15) is 67.5 Å². The zero-order valence-corrected chi connectivity index (χ0v) is 27.3. The molecule has 4 aliphatic carbocycles. The number of aryl methyl sites for hydroxylation is 1. The van der Waals surface area contributed by atoms with Gasteiger partial charge in [-0.1, -0.05) is 105 Å². The van der Waals surface area contributed by atoms with Crippen LogP contribution < -0.4 is 4.90 Å². The summed E-state index contributed by atoms with van der Waals surface area (Å²) in [5.41, 5.74) is 16.0. The van der Waals surface area contributed by atoms with Crippen molar-refractivity contribution < 1.29 is 0 Å². The van der Waals surface area contributed by atoms with Crippen LogP contribution in [0, 0.1) is 0 Å². The molecule has 4 aliphatic rings. The molecule has 2 heteroatoms. The third-order valence-corrected chi connectivity index (χ3v) is 10.9. The molecule has 1 unspecified atom stereocenters. The van der Waals surface area contributed by atoms with Crippen molar-refractivity contribution in [3.63, 3.8) is 0 Å². The van der Waals surface area contributed by atoms with Crippen LogP contribution in [0.4, 0.5) is 11.4 Å². The third kappa shape index (κ3) is 4.53. The van der Waals surface area contributed by atoms with Crippen molar-refractivity contribution in [2.75, 3.05) is 4.90 Å². The molecule has 0 amide bonds. The maximum absolute atomic E-state index is 2.54. The predicted octanol–water partition coefficient (Wildman–Crippen LogP) is 11.7. The Morgan fingerprint density at radius 2 is 1.51 bits per heavy atom. The van der Waals surface area contributed by atoms with E-state index in [1.807, 2.05) is 0 Å². The molecule has 0 radical (unpaired) electrons. The summed E-state index contributed by atoms with van der Waals surface area (Å²) in [7, 11) is 0.